The van der Waals surface area contributed by atoms with Crippen LogP contribution in [-0.4, -0.2) is 26.2 Å². The Morgan fingerprint density at radius 3 is 2.56 bits per heavy atom. The number of methoxy groups -OCH3 is 2. The van der Waals surface area contributed by atoms with E-state index in [1.807, 2.05) is 0 Å². The molecular weight excluding hydrogens is 236 g/mol. The third-order valence-corrected chi connectivity index (χ3v) is 2.08. The predicted octanol–water partition coefficient (Wildman–Crippen LogP) is 1.54. The Bertz CT molecular complexity index is 471. The van der Waals surface area contributed by atoms with Crippen molar-refractivity contribution in [2.75, 3.05) is 19.5 Å². The molecule has 3 amide bonds. The van der Waals surface area contributed by atoms with Gasteiger partial charge in [-0.1, -0.05) is 6.58 Å². The molecule has 2 N–H and O–H groups in total. The van der Waals surface area contributed by atoms with E-state index in [-0.39, 0.29) is 0 Å². The molecule has 0 bridgehead atoms. The summed E-state index contributed by atoms with van der Waals surface area (Å²) >= 11 is 0. The molecule has 1 aromatic carbocycles. The first-order valence-electron chi connectivity index (χ1n) is 5.07. The first-order chi connectivity index (χ1) is 8.60. The number of anilines is 1. The summed E-state index contributed by atoms with van der Waals surface area (Å²) in [6, 6.07) is 4.24. The fraction of sp³-hybridized carbons (Fsp3) is 0.167. The van der Waals surface area contributed by atoms with Gasteiger partial charge in [-0.05, 0) is 18.2 Å². The smallest absolute Gasteiger partial charge is 0.326 e. The lowest BCUT2D eigenvalue weighted by atomic mass is 10.2. The average Bonchev–Trinajstić information content (AvgIpc) is 2.38. The molecule has 1 rings (SSSR count). The molecule has 0 radical (unpaired) electrons. The van der Waals surface area contributed by atoms with Crippen molar-refractivity contribution in [3.63, 3.8) is 0 Å². The van der Waals surface area contributed by atoms with Crippen LogP contribution in [0.1, 0.15) is 0 Å². The van der Waals surface area contributed by atoms with Crippen LogP contribution in [-0.2, 0) is 4.79 Å². The van der Waals surface area contributed by atoms with Crippen molar-refractivity contribution in [3.8, 4) is 11.5 Å². The van der Waals surface area contributed by atoms with Gasteiger partial charge >= 0.3 is 6.03 Å². The van der Waals surface area contributed by atoms with E-state index in [1.165, 1.54) is 14.2 Å². The number of ether oxygens (including phenoxy) is 2. The number of benzene rings is 1. The fourth-order valence-electron chi connectivity index (χ4n) is 1.23. The first-order valence-corrected chi connectivity index (χ1v) is 5.07. The summed E-state index contributed by atoms with van der Waals surface area (Å²) < 4.78 is 10.1. The summed E-state index contributed by atoms with van der Waals surface area (Å²) in [5, 5.41) is 4.54. The van der Waals surface area contributed by atoms with Gasteiger partial charge in [-0.25, -0.2) is 4.79 Å². The van der Waals surface area contributed by atoms with Crippen molar-refractivity contribution in [1.82, 2.24) is 5.32 Å². The minimum absolute atomic E-state index is 0.395. The van der Waals surface area contributed by atoms with Gasteiger partial charge in [-0.3, -0.25) is 10.1 Å². The summed E-state index contributed by atoms with van der Waals surface area (Å²) in [4.78, 5) is 22.4. The van der Waals surface area contributed by atoms with E-state index in [9.17, 15) is 9.59 Å². The second kappa shape index (κ2) is 6.29. The Morgan fingerprint density at radius 2 is 2.00 bits per heavy atom. The summed E-state index contributed by atoms with van der Waals surface area (Å²) in [6.07, 6.45) is 1.00. The SMILES string of the molecule is C=CC(=O)NC(=O)Nc1cc(OC)ccc1OC. The molecule has 0 atom stereocenters. The second-order valence-electron chi connectivity index (χ2n) is 3.21. The lowest BCUT2D eigenvalue weighted by molar-refractivity contribution is -0.115. The van der Waals surface area contributed by atoms with E-state index >= 15 is 0 Å². The number of nitrogens with one attached hydrogen (secondary N) is 2. The van der Waals surface area contributed by atoms with Crippen LogP contribution >= 0.6 is 0 Å². The minimum atomic E-state index is -0.675. The molecule has 0 unspecified atom stereocenters. The van der Waals surface area contributed by atoms with Gasteiger partial charge in [0.2, 0.25) is 0 Å². The number of rotatable bonds is 4. The van der Waals surface area contributed by atoms with Crippen molar-refractivity contribution in [2.24, 2.45) is 0 Å². The number of hydrogen-bond donors (Lipinski definition) is 2. The first kappa shape index (κ1) is 13.6. The zero-order chi connectivity index (χ0) is 13.5. The summed E-state index contributed by atoms with van der Waals surface area (Å²) in [7, 11) is 2.98. The van der Waals surface area contributed by atoms with E-state index in [1.54, 1.807) is 18.2 Å². The molecule has 0 heterocycles. The van der Waals surface area contributed by atoms with Gasteiger partial charge in [-0.15, -0.1) is 0 Å². The third kappa shape index (κ3) is 3.51. The molecule has 0 saturated carbocycles. The number of carbonyl (C=O) groups is 2. The number of hydrogen-bond acceptors (Lipinski definition) is 4. The second-order valence-corrected chi connectivity index (χ2v) is 3.21. The molecule has 18 heavy (non-hydrogen) atoms. The van der Waals surface area contributed by atoms with Crippen LogP contribution in [0.3, 0.4) is 0 Å². The lowest BCUT2D eigenvalue weighted by Crippen LogP contribution is -2.33. The Kier molecular flexibility index (Phi) is 4.74. The lowest BCUT2D eigenvalue weighted by Gasteiger charge is -2.11. The maximum atomic E-state index is 11.5. The van der Waals surface area contributed by atoms with Crippen molar-refractivity contribution in [3.05, 3.63) is 30.9 Å². The summed E-state index contributed by atoms with van der Waals surface area (Å²) in [5.41, 5.74) is 0.395. The van der Waals surface area contributed by atoms with Crippen molar-refractivity contribution in [2.45, 2.75) is 0 Å². The van der Waals surface area contributed by atoms with Crippen LogP contribution in [0.5, 0.6) is 11.5 Å². The van der Waals surface area contributed by atoms with Crippen LogP contribution in [0.2, 0.25) is 0 Å². The summed E-state index contributed by atoms with van der Waals surface area (Å²) in [5.74, 6) is 0.424. The van der Waals surface area contributed by atoms with Crippen molar-refractivity contribution in [1.29, 1.82) is 0 Å². The van der Waals surface area contributed by atoms with E-state index in [0.29, 0.717) is 17.2 Å². The quantitative estimate of drug-likeness (QED) is 0.795. The van der Waals surface area contributed by atoms with Crippen molar-refractivity contribution < 1.29 is 19.1 Å². The zero-order valence-corrected chi connectivity index (χ0v) is 10.1. The van der Waals surface area contributed by atoms with E-state index < -0.39 is 11.9 Å². The van der Waals surface area contributed by atoms with Gasteiger partial charge in [-0.2, -0.15) is 0 Å². The molecule has 6 heteroatoms. The fourth-order valence-corrected chi connectivity index (χ4v) is 1.23. The third-order valence-electron chi connectivity index (χ3n) is 2.08. The maximum absolute atomic E-state index is 11.5. The van der Waals surface area contributed by atoms with E-state index in [2.05, 4.69) is 17.2 Å². The van der Waals surface area contributed by atoms with Gasteiger partial charge in [0, 0.05) is 6.07 Å². The predicted molar refractivity (Wildman–Crippen MR) is 66.9 cm³/mol. The number of amides is 3. The van der Waals surface area contributed by atoms with Gasteiger partial charge < -0.3 is 14.8 Å². The van der Waals surface area contributed by atoms with E-state index in [0.717, 1.165) is 6.08 Å². The molecule has 1 aromatic rings. The van der Waals surface area contributed by atoms with Crippen molar-refractivity contribution >= 4 is 17.6 Å². The highest BCUT2D eigenvalue weighted by molar-refractivity contribution is 6.05. The maximum Gasteiger partial charge on any atom is 0.326 e. The number of urea groups is 1. The standard InChI is InChI=1S/C12H14N2O4/c1-4-11(15)14-12(16)13-9-7-8(17-2)5-6-10(9)18-3/h4-7H,1H2,2-3H3,(H2,13,14,15,16). The molecular formula is C12H14N2O4. The normalized spacial score (nSPS) is 9.22. The van der Waals surface area contributed by atoms with Crippen LogP contribution < -0.4 is 20.1 Å². The highest BCUT2D eigenvalue weighted by Crippen LogP contribution is 2.28. The molecule has 0 aliphatic heterocycles. The van der Waals surface area contributed by atoms with Gasteiger partial charge in [0.25, 0.3) is 5.91 Å². The molecule has 0 spiro atoms. The highest BCUT2D eigenvalue weighted by atomic mass is 16.5. The molecule has 0 fully saturated rings. The Morgan fingerprint density at radius 1 is 1.28 bits per heavy atom. The van der Waals surface area contributed by atoms with E-state index in [4.69, 9.17) is 9.47 Å². The largest absolute Gasteiger partial charge is 0.497 e. The van der Waals surface area contributed by atoms with Gasteiger partial charge in [0.05, 0.1) is 19.9 Å². The number of imide groups is 1. The molecule has 0 aromatic heterocycles. The topological polar surface area (TPSA) is 76.7 Å². The highest BCUT2D eigenvalue weighted by Gasteiger charge is 2.10. The average molecular weight is 250 g/mol. The van der Waals surface area contributed by atoms with Gasteiger partial charge in [0.1, 0.15) is 11.5 Å². The zero-order valence-electron chi connectivity index (χ0n) is 10.1. The Hall–Kier alpha value is -2.50. The number of carbonyl (C=O) groups excluding carboxylic acids is 2. The Labute approximate surface area is 105 Å². The van der Waals surface area contributed by atoms with Crippen LogP contribution in [0, 0.1) is 0 Å². The molecule has 0 aliphatic carbocycles. The minimum Gasteiger partial charge on any atom is -0.497 e. The van der Waals surface area contributed by atoms with Crippen LogP contribution in [0.25, 0.3) is 0 Å². The molecule has 96 valence electrons. The van der Waals surface area contributed by atoms with Gasteiger partial charge in [0.15, 0.2) is 0 Å². The molecule has 6 nitrogen and oxygen atoms in total. The monoisotopic (exact) mass is 250 g/mol. The summed E-state index contributed by atoms with van der Waals surface area (Å²) in [6.45, 7) is 3.25. The molecule has 0 aliphatic rings. The Balaban J connectivity index is 2.84. The molecule has 0 saturated heterocycles. The van der Waals surface area contributed by atoms with Crippen LogP contribution in [0.15, 0.2) is 30.9 Å². The van der Waals surface area contributed by atoms with Crippen LogP contribution in [0.4, 0.5) is 10.5 Å².